The van der Waals surface area contributed by atoms with Crippen molar-refractivity contribution in [3.05, 3.63) is 60.4 Å². The molecule has 2 heterocycles. The highest BCUT2D eigenvalue weighted by Crippen LogP contribution is 2.21. The molecule has 0 aliphatic carbocycles. The molecule has 0 saturated carbocycles. The van der Waals surface area contributed by atoms with E-state index in [9.17, 15) is 0 Å². The zero-order chi connectivity index (χ0) is 15.0. The van der Waals surface area contributed by atoms with Crippen LogP contribution in [-0.4, -0.2) is 4.57 Å². The monoisotopic (exact) mass is 279 g/mol. The summed E-state index contributed by atoms with van der Waals surface area (Å²) in [5.41, 5.74) is 5.00. The van der Waals surface area contributed by atoms with E-state index in [4.69, 9.17) is 0 Å². The lowest BCUT2D eigenvalue weighted by atomic mass is 10.0. The van der Waals surface area contributed by atoms with Crippen LogP contribution in [0, 0.1) is 6.92 Å². The molecule has 0 saturated heterocycles. The number of imidazole rings is 1. The number of hydrogen-bond donors (Lipinski definition) is 0. The van der Waals surface area contributed by atoms with Crippen LogP contribution in [-0.2, 0) is 21.1 Å². The van der Waals surface area contributed by atoms with Crippen molar-refractivity contribution in [1.82, 2.24) is 4.57 Å². The molecule has 0 bridgehead atoms. The molecule has 0 atom stereocenters. The van der Waals surface area contributed by atoms with Crippen LogP contribution in [0.4, 0.5) is 0 Å². The first-order valence-corrected chi connectivity index (χ1v) is 7.16. The second kappa shape index (κ2) is 5.17. The average Bonchev–Trinajstić information content (AvgIpc) is 2.80. The van der Waals surface area contributed by atoms with E-state index < -0.39 is 0 Å². The highest BCUT2D eigenvalue weighted by molar-refractivity contribution is 5.61. The quantitative estimate of drug-likeness (QED) is 0.639. The van der Waals surface area contributed by atoms with Crippen LogP contribution in [0.25, 0.3) is 22.8 Å². The second-order valence-electron chi connectivity index (χ2n) is 5.51. The molecule has 3 rings (SSSR count). The van der Waals surface area contributed by atoms with Gasteiger partial charge in [-0.15, -0.1) is 0 Å². The fourth-order valence-corrected chi connectivity index (χ4v) is 2.89. The van der Waals surface area contributed by atoms with Gasteiger partial charge in [-0.1, -0.05) is 18.2 Å². The van der Waals surface area contributed by atoms with Crippen molar-refractivity contribution in [2.75, 3.05) is 0 Å². The molecule has 0 amide bonds. The molecule has 3 nitrogen and oxygen atoms in total. The standard InChI is InChI=1S/C18H21N3/c1-14-8-5-6-9-15(14)16-10-7-11-17(21(16)4)18-19(2)12-13-20(18)3/h5-13H,1-4H3/q+2. The third kappa shape index (κ3) is 2.25. The smallest absolute Gasteiger partial charge is 0.227 e. The van der Waals surface area contributed by atoms with Gasteiger partial charge < -0.3 is 0 Å². The van der Waals surface area contributed by atoms with E-state index in [-0.39, 0.29) is 0 Å². The summed E-state index contributed by atoms with van der Waals surface area (Å²) in [5.74, 6) is 1.19. The van der Waals surface area contributed by atoms with Gasteiger partial charge in [-0.3, -0.25) is 0 Å². The van der Waals surface area contributed by atoms with Crippen LogP contribution in [0.3, 0.4) is 0 Å². The van der Waals surface area contributed by atoms with E-state index in [0.29, 0.717) is 0 Å². The summed E-state index contributed by atoms with van der Waals surface area (Å²) < 4.78 is 6.56. The minimum Gasteiger partial charge on any atom is -0.227 e. The summed E-state index contributed by atoms with van der Waals surface area (Å²) in [6, 6.07) is 15.0. The third-order valence-corrected chi connectivity index (χ3v) is 4.06. The van der Waals surface area contributed by atoms with Gasteiger partial charge in [-0.25, -0.2) is 9.13 Å². The average molecular weight is 279 g/mol. The molecule has 21 heavy (non-hydrogen) atoms. The van der Waals surface area contributed by atoms with Crippen molar-refractivity contribution in [3.8, 4) is 22.8 Å². The number of benzene rings is 1. The first-order valence-electron chi connectivity index (χ1n) is 7.16. The molecule has 106 valence electrons. The van der Waals surface area contributed by atoms with Gasteiger partial charge in [0.05, 0.1) is 14.1 Å². The minimum atomic E-state index is 1.19. The van der Waals surface area contributed by atoms with Gasteiger partial charge in [0.1, 0.15) is 19.4 Å². The van der Waals surface area contributed by atoms with E-state index in [1.54, 1.807) is 0 Å². The van der Waals surface area contributed by atoms with Gasteiger partial charge in [-0.05, 0) is 24.6 Å². The lowest BCUT2D eigenvalue weighted by Crippen LogP contribution is -2.39. The van der Waals surface area contributed by atoms with E-state index in [1.165, 1.54) is 28.3 Å². The number of rotatable bonds is 2. The van der Waals surface area contributed by atoms with E-state index in [2.05, 4.69) is 96.6 Å². The zero-order valence-corrected chi connectivity index (χ0v) is 13.0. The first kappa shape index (κ1) is 13.6. The maximum atomic E-state index is 2.26. The van der Waals surface area contributed by atoms with Gasteiger partial charge in [0.15, 0.2) is 0 Å². The summed E-state index contributed by atoms with van der Waals surface area (Å²) in [6.07, 6.45) is 4.16. The Morgan fingerprint density at radius 2 is 1.62 bits per heavy atom. The molecular formula is C18H21N3+2. The van der Waals surface area contributed by atoms with Gasteiger partial charge in [0, 0.05) is 17.7 Å². The molecule has 0 unspecified atom stereocenters. The maximum Gasteiger partial charge on any atom is 0.354 e. The normalized spacial score (nSPS) is 10.9. The van der Waals surface area contributed by atoms with Crippen molar-refractivity contribution in [1.29, 1.82) is 0 Å². The number of aromatic nitrogens is 3. The molecule has 3 aromatic rings. The lowest BCUT2D eigenvalue weighted by molar-refractivity contribution is -0.685. The Balaban J connectivity index is 2.24. The summed E-state index contributed by atoms with van der Waals surface area (Å²) in [5, 5.41) is 0. The van der Waals surface area contributed by atoms with Gasteiger partial charge in [0.2, 0.25) is 5.69 Å². The number of pyridine rings is 1. The fraction of sp³-hybridized carbons (Fsp3) is 0.222. The van der Waals surface area contributed by atoms with Gasteiger partial charge in [0.25, 0.3) is 5.69 Å². The minimum absolute atomic E-state index is 1.19. The van der Waals surface area contributed by atoms with Crippen molar-refractivity contribution in [2.45, 2.75) is 6.92 Å². The fourth-order valence-electron chi connectivity index (χ4n) is 2.89. The van der Waals surface area contributed by atoms with E-state index in [0.717, 1.165) is 0 Å². The second-order valence-corrected chi connectivity index (χ2v) is 5.51. The Morgan fingerprint density at radius 3 is 2.29 bits per heavy atom. The Hall–Kier alpha value is -2.42. The highest BCUT2D eigenvalue weighted by atomic mass is 15.1. The van der Waals surface area contributed by atoms with Gasteiger partial charge in [-0.2, -0.15) is 4.57 Å². The van der Waals surface area contributed by atoms with Crippen LogP contribution < -0.4 is 9.13 Å². The summed E-state index contributed by atoms with van der Waals surface area (Å²) >= 11 is 0. The largest absolute Gasteiger partial charge is 0.354 e. The van der Waals surface area contributed by atoms with E-state index >= 15 is 0 Å². The molecule has 0 fully saturated rings. The van der Waals surface area contributed by atoms with Crippen molar-refractivity contribution in [2.24, 2.45) is 21.1 Å². The van der Waals surface area contributed by atoms with Crippen molar-refractivity contribution >= 4 is 0 Å². The predicted molar refractivity (Wildman–Crippen MR) is 83.4 cm³/mol. The zero-order valence-electron chi connectivity index (χ0n) is 13.0. The van der Waals surface area contributed by atoms with Crippen LogP contribution in [0.5, 0.6) is 0 Å². The molecule has 3 heteroatoms. The van der Waals surface area contributed by atoms with Crippen molar-refractivity contribution in [3.63, 3.8) is 0 Å². The number of nitrogens with zero attached hydrogens (tertiary/aromatic N) is 3. The van der Waals surface area contributed by atoms with Crippen LogP contribution in [0.2, 0.25) is 0 Å². The summed E-state index contributed by atoms with van der Waals surface area (Å²) in [7, 11) is 6.29. The first-order chi connectivity index (χ1) is 10.1. The SMILES string of the molecule is Cc1ccccc1-c1cccc(-c2n(C)cc[n+]2C)[n+]1C. The molecule has 0 spiro atoms. The molecule has 0 aliphatic rings. The topological polar surface area (TPSA) is 12.7 Å². The Kier molecular flexibility index (Phi) is 3.34. The van der Waals surface area contributed by atoms with Crippen LogP contribution >= 0.6 is 0 Å². The summed E-state index contributed by atoms with van der Waals surface area (Å²) in [4.78, 5) is 0. The predicted octanol–water partition coefficient (Wildman–Crippen LogP) is 2.32. The molecule has 0 radical (unpaired) electrons. The Labute approximate surface area is 125 Å². The highest BCUT2D eigenvalue weighted by Gasteiger charge is 2.25. The van der Waals surface area contributed by atoms with Gasteiger partial charge >= 0.3 is 5.82 Å². The Morgan fingerprint density at radius 1 is 0.905 bits per heavy atom. The third-order valence-electron chi connectivity index (χ3n) is 4.06. The number of hydrogen-bond acceptors (Lipinski definition) is 0. The van der Waals surface area contributed by atoms with Crippen molar-refractivity contribution < 1.29 is 9.13 Å². The maximum absolute atomic E-state index is 2.26. The van der Waals surface area contributed by atoms with E-state index in [1.807, 2.05) is 0 Å². The molecule has 0 N–H and O–H groups in total. The molecule has 2 aromatic heterocycles. The van der Waals surface area contributed by atoms with Crippen LogP contribution in [0.1, 0.15) is 5.56 Å². The molecular weight excluding hydrogens is 258 g/mol. The molecule has 0 aliphatic heterocycles. The molecule has 1 aromatic carbocycles. The lowest BCUT2D eigenvalue weighted by Gasteiger charge is -2.06. The van der Waals surface area contributed by atoms with Crippen LogP contribution in [0.15, 0.2) is 54.9 Å². The summed E-state index contributed by atoms with van der Waals surface area (Å²) in [6.45, 7) is 2.16. The Bertz CT molecular complexity index is 780. The number of aryl methyl sites for hydroxylation is 3.